The number of aromatic nitrogens is 2. The van der Waals surface area contributed by atoms with Crippen LogP contribution in [0.2, 0.25) is 0 Å². The molecule has 0 radical (unpaired) electrons. The fourth-order valence-corrected chi connectivity index (χ4v) is 8.04. The van der Waals surface area contributed by atoms with E-state index in [-0.39, 0.29) is 11.5 Å². The van der Waals surface area contributed by atoms with E-state index in [1.165, 1.54) is 39.1 Å². The van der Waals surface area contributed by atoms with Crippen LogP contribution in [-0.4, -0.2) is 27.1 Å². The molecule has 2 aliphatic carbocycles. The minimum Gasteiger partial charge on any atom is -0.423 e. The van der Waals surface area contributed by atoms with Gasteiger partial charge in [0.25, 0.3) is 0 Å². The van der Waals surface area contributed by atoms with E-state index in [2.05, 4.69) is 104 Å². The van der Waals surface area contributed by atoms with E-state index in [1.807, 2.05) is 54.6 Å². The zero-order valence-corrected chi connectivity index (χ0v) is 27.4. The smallest absolute Gasteiger partial charge is 0.423 e. The molecule has 6 heteroatoms. The lowest BCUT2D eigenvalue weighted by Crippen LogP contribution is -2.40. The molecule has 0 fully saturated rings. The summed E-state index contributed by atoms with van der Waals surface area (Å²) in [6.45, 7) is 4.65. The number of hydrogen-bond acceptors (Lipinski definition) is 5. The van der Waals surface area contributed by atoms with Gasteiger partial charge in [-0.25, -0.2) is 9.97 Å². The third kappa shape index (κ3) is 4.79. The largest absolute Gasteiger partial charge is 0.488 e. The minimum absolute atomic E-state index is 0.161. The molecule has 0 amide bonds. The number of hydrogen-bond donors (Lipinski definition) is 2. The Labute approximate surface area is 286 Å². The lowest BCUT2D eigenvalue weighted by molar-refractivity contribution is 0.425. The molecule has 1 aromatic heterocycles. The van der Waals surface area contributed by atoms with Crippen LogP contribution >= 0.6 is 0 Å². The van der Waals surface area contributed by atoms with Crippen molar-refractivity contribution >= 4 is 30.2 Å². The maximum Gasteiger partial charge on any atom is 0.488 e. The van der Waals surface area contributed by atoms with Gasteiger partial charge in [0.1, 0.15) is 0 Å². The van der Waals surface area contributed by atoms with Gasteiger partial charge in [0, 0.05) is 28.7 Å². The molecule has 5 aromatic carbocycles. The van der Waals surface area contributed by atoms with Crippen molar-refractivity contribution in [3.05, 3.63) is 167 Å². The van der Waals surface area contributed by atoms with Crippen LogP contribution in [0.3, 0.4) is 0 Å². The first-order valence-corrected chi connectivity index (χ1v) is 16.8. The molecule has 0 saturated carbocycles. The number of rotatable bonds is 5. The van der Waals surface area contributed by atoms with Crippen LogP contribution in [-0.2, 0) is 6.42 Å². The van der Waals surface area contributed by atoms with Crippen molar-refractivity contribution in [2.45, 2.75) is 26.3 Å². The first-order valence-electron chi connectivity index (χ1n) is 16.8. The van der Waals surface area contributed by atoms with Crippen molar-refractivity contribution in [3.63, 3.8) is 0 Å². The molecule has 1 unspecified atom stereocenters. The summed E-state index contributed by atoms with van der Waals surface area (Å²) in [6, 6.07) is 45.7. The lowest BCUT2D eigenvalue weighted by atomic mass is 9.69. The van der Waals surface area contributed by atoms with Crippen LogP contribution in [0.15, 0.2) is 145 Å². The Balaban J connectivity index is 1.31. The summed E-state index contributed by atoms with van der Waals surface area (Å²) in [5.41, 5.74) is 14.7. The monoisotopic (exact) mass is 635 g/mol. The summed E-state index contributed by atoms with van der Waals surface area (Å²) in [6.07, 6.45) is 3.01. The summed E-state index contributed by atoms with van der Waals surface area (Å²) in [7, 11) is -1.54. The summed E-state index contributed by atoms with van der Waals surface area (Å²) in [5.74, 6) is 0.648. The Hall–Kier alpha value is -5.56. The highest BCUT2D eigenvalue weighted by Gasteiger charge is 2.50. The zero-order chi connectivity index (χ0) is 33.3. The molecule has 2 N–H and O–H groups in total. The summed E-state index contributed by atoms with van der Waals surface area (Å²) in [5, 5.41) is 20.2. The SMILES string of the molecule is CC1(C)C2=Cc3cc(B(O)O)ccc3C2N(c2nc(-c3ccccc3)cc(-c3ccccc3)n2)C2=C1c1cc(-c3ccccc3)ccc1C2. The Morgan fingerprint density at radius 3 is 1.90 bits per heavy atom. The van der Waals surface area contributed by atoms with Gasteiger partial charge >= 0.3 is 7.12 Å². The van der Waals surface area contributed by atoms with Crippen LogP contribution in [0.25, 0.3) is 45.3 Å². The maximum absolute atomic E-state index is 10.1. The Morgan fingerprint density at radius 2 is 1.29 bits per heavy atom. The van der Waals surface area contributed by atoms with Crippen molar-refractivity contribution < 1.29 is 10.0 Å². The topological polar surface area (TPSA) is 69.5 Å². The summed E-state index contributed by atoms with van der Waals surface area (Å²) < 4.78 is 0. The number of allylic oxidation sites excluding steroid dienone is 2. The van der Waals surface area contributed by atoms with E-state index in [0.717, 1.165) is 40.1 Å². The molecule has 3 aliphatic rings. The molecule has 0 bridgehead atoms. The number of anilines is 1. The van der Waals surface area contributed by atoms with E-state index in [4.69, 9.17) is 9.97 Å². The molecule has 9 rings (SSSR count). The second-order valence-electron chi connectivity index (χ2n) is 13.7. The standard InChI is InChI=1S/C43H34BN3O2/c1-43(2)36-24-32-22-33(44(48)49)20-21-34(32)41(36)47(39-25-31-19-18-30(23-35(31)40(39)43)27-12-6-3-7-13-27)42-45-37(28-14-8-4-9-15-28)26-38(46-42)29-16-10-5-11-17-29/h3-24,26,41,48-49H,25H2,1-2H3. The van der Waals surface area contributed by atoms with Crippen molar-refractivity contribution in [1.29, 1.82) is 0 Å². The van der Waals surface area contributed by atoms with E-state index >= 15 is 0 Å². The quantitative estimate of drug-likeness (QED) is 0.187. The van der Waals surface area contributed by atoms with Crippen molar-refractivity contribution in [2.24, 2.45) is 5.41 Å². The number of benzene rings is 5. The van der Waals surface area contributed by atoms with E-state index < -0.39 is 7.12 Å². The van der Waals surface area contributed by atoms with Gasteiger partial charge in [-0.05, 0) is 62.1 Å². The molecule has 0 saturated heterocycles. The molecule has 1 atom stereocenters. The van der Waals surface area contributed by atoms with Gasteiger partial charge in [-0.1, -0.05) is 141 Å². The van der Waals surface area contributed by atoms with Gasteiger partial charge in [0.2, 0.25) is 5.95 Å². The first kappa shape index (κ1) is 29.6. The third-order valence-corrected chi connectivity index (χ3v) is 10.4. The zero-order valence-electron chi connectivity index (χ0n) is 27.4. The second-order valence-corrected chi connectivity index (χ2v) is 13.7. The normalized spacial score (nSPS) is 16.9. The van der Waals surface area contributed by atoms with Gasteiger partial charge in [-0.15, -0.1) is 0 Å². The highest BCUT2D eigenvalue weighted by atomic mass is 16.4. The van der Waals surface area contributed by atoms with Gasteiger partial charge in [-0.2, -0.15) is 0 Å². The average Bonchev–Trinajstić information content (AvgIpc) is 3.72. The maximum atomic E-state index is 10.1. The van der Waals surface area contributed by atoms with Crippen LogP contribution < -0.4 is 10.4 Å². The predicted octanol–water partition coefficient (Wildman–Crippen LogP) is 8.11. The molecule has 0 spiro atoms. The highest BCUT2D eigenvalue weighted by Crippen LogP contribution is 2.61. The van der Waals surface area contributed by atoms with Gasteiger partial charge in [0.15, 0.2) is 0 Å². The summed E-state index contributed by atoms with van der Waals surface area (Å²) >= 11 is 0. The Bertz CT molecular complexity index is 2260. The number of nitrogens with zero attached hydrogens (tertiary/aromatic N) is 3. The first-order chi connectivity index (χ1) is 23.9. The van der Waals surface area contributed by atoms with Crippen LogP contribution in [0.4, 0.5) is 5.95 Å². The fraction of sp³-hybridized carbons (Fsp3) is 0.116. The fourth-order valence-electron chi connectivity index (χ4n) is 8.04. The van der Waals surface area contributed by atoms with E-state index in [0.29, 0.717) is 11.4 Å². The van der Waals surface area contributed by atoms with E-state index in [1.54, 1.807) is 0 Å². The van der Waals surface area contributed by atoms with Crippen molar-refractivity contribution in [2.75, 3.05) is 4.90 Å². The minimum atomic E-state index is -1.54. The summed E-state index contributed by atoms with van der Waals surface area (Å²) in [4.78, 5) is 13.1. The van der Waals surface area contributed by atoms with Crippen LogP contribution in [0.1, 0.15) is 42.1 Å². The highest BCUT2D eigenvalue weighted by molar-refractivity contribution is 6.58. The molecule has 1 aliphatic heterocycles. The van der Waals surface area contributed by atoms with Gasteiger partial charge < -0.3 is 14.9 Å². The molecule has 49 heavy (non-hydrogen) atoms. The van der Waals surface area contributed by atoms with Gasteiger partial charge in [0.05, 0.1) is 17.4 Å². The molecule has 236 valence electrons. The second kappa shape index (κ2) is 11.3. The molecular weight excluding hydrogens is 601 g/mol. The average molecular weight is 636 g/mol. The molecule has 2 heterocycles. The molecule has 6 aromatic rings. The Morgan fingerprint density at radius 1 is 0.673 bits per heavy atom. The van der Waals surface area contributed by atoms with Crippen molar-refractivity contribution in [3.8, 4) is 33.6 Å². The van der Waals surface area contributed by atoms with Crippen LogP contribution in [0, 0.1) is 5.41 Å². The predicted molar refractivity (Wildman–Crippen MR) is 199 cm³/mol. The van der Waals surface area contributed by atoms with E-state index in [9.17, 15) is 10.0 Å². The van der Waals surface area contributed by atoms with Gasteiger partial charge in [-0.3, -0.25) is 0 Å². The lowest BCUT2D eigenvalue weighted by Gasteiger charge is -2.45. The molecular formula is C43H34BN3O2. The van der Waals surface area contributed by atoms with Crippen molar-refractivity contribution in [1.82, 2.24) is 9.97 Å². The van der Waals surface area contributed by atoms with Crippen LogP contribution in [0.5, 0.6) is 0 Å². The third-order valence-electron chi connectivity index (χ3n) is 10.4. The molecule has 5 nitrogen and oxygen atoms in total. The Kier molecular flexibility index (Phi) is 6.80. The number of fused-ring (bicyclic) bond motifs is 5.